The molecule has 0 aliphatic heterocycles. The number of phenolic OH excluding ortho intramolecular Hbond substituents is 1. The summed E-state index contributed by atoms with van der Waals surface area (Å²) in [5.74, 6) is -3.84. The number of nitrogens with one attached hydrogen (secondary N) is 3. The molecule has 1 rings (SSSR count). The number of hydrogen-bond donors (Lipinski definition) is 7. The van der Waals surface area contributed by atoms with Gasteiger partial charge in [0, 0.05) is 6.42 Å². The van der Waals surface area contributed by atoms with E-state index in [4.69, 9.17) is 11.5 Å². The first kappa shape index (κ1) is 28.7. The number of thioether (sulfide) groups is 1. The van der Waals surface area contributed by atoms with Crippen LogP contribution in [0.25, 0.3) is 0 Å². The van der Waals surface area contributed by atoms with E-state index in [1.54, 1.807) is 0 Å². The van der Waals surface area contributed by atoms with Crippen molar-refractivity contribution >= 4 is 41.4 Å². The van der Waals surface area contributed by atoms with Crippen molar-refractivity contribution in [2.45, 2.75) is 50.4 Å². The number of primary amides is 1. The molecule has 1 aromatic carbocycles. The molecule has 0 saturated heterocycles. The van der Waals surface area contributed by atoms with Crippen LogP contribution in [-0.2, 0) is 30.4 Å². The molecule has 1 aromatic rings. The van der Waals surface area contributed by atoms with Gasteiger partial charge >= 0.3 is 5.97 Å². The highest BCUT2D eigenvalue weighted by atomic mass is 32.2. The van der Waals surface area contributed by atoms with Crippen LogP contribution in [-0.4, -0.2) is 76.0 Å². The van der Waals surface area contributed by atoms with E-state index in [1.807, 2.05) is 6.26 Å². The molecule has 0 heterocycles. The number of aromatic hydroxyl groups is 1. The predicted octanol–water partition coefficient (Wildman–Crippen LogP) is -1.55. The number of nitrogens with two attached hydrogens (primary N) is 2. The molecule has 4 unspecified atom stereocenters. The van der Waals surface area contributed by atoms with Crippen LogP contribution in [0.3, 0.4) is 0 Å². The summed E-state index contributed by atoms with van der Waals surface area (Å²) in [5, 5.41) is 25.9. The Kier molecular flexibility index (Phi) is 11.9. The van der Waals surface area contributed by atoms with Crippen LogP contribution < -0.4 is 27.4 Å². The number of aliphatic carboxylic acids is 1. The Morgan fingerprint density at radius 2 is 1.56 bits per heavy atom. The summed E-state index contributed by atoms with van der Waals surface area (Å²) in [6.45, 7) is 1.41. The van der Waals surface area contributed by atoms with E-state index in [0.717, 1.165) is 0 Å². The molecular formula is C21H31N5O7S. The Balaban J connectivity index is 2.96. The molecule has 4 atom stereocenters. The summed E-state index contributed by atoms with van der Waals surface area (Å²) in [5.41, 5.74) is 11.4. The average Bonchev–Trinajstić information content (AvgIpc) is 2.77. The third-order valence-corrected chi connectivity index (χ3v) is 5.39. The van der Waals surface area contributed by atoms with Crippen LogP contribution in [0.2, 0.25) is 0 Å². The summed E-state index contributed by atoms with van der Waals surface area (Å²) < 4.78 is 0. The van der Waals surface area contributed by atoms with Gasteiger partial charge in [0.1, 0.15) is 23.9 Å². The van der Waals surface area contributed by atoms with Gasteiger partial charge in [0.15, 0.2) is 0 Å². The number of benzene rings is 1. The lowest BCUT2D eigenvalue weighted by Gasteiger charge is -2.23. The first-order valence-electron chi connectivity index (χ1n) is 10.4. The van der Waals surface area contributed by atoms with Crippen LogP contribution in [0.4, 0.5) is 0 Å². The minimum absolute atomic E-state index is 0.00432. The minimum atomic E-state index is -1.59. The quantitative estimate of drug-likeness (QED) is 0.158. The third kappa shape index (κ3) is 10.1. The first-order chi connectivity index (χ1) is 15.9. The van der Waals surface area contributed by atoms with Crippen molar-refractivity contribution in [1.29, 1.82) is 0 Å². The molecule has 9 N–H and O–H groups in total. The van der Waals surface area contributed by atoms with Crippen molar-refractivity contribution in [2.24, 2.45) is 11.5 Å². The van der Waals surface area contributed by atoms with E-state index in [1.165, 1.54) is 43.0 Å². The lowest BCUT2D eigenvalue weighted by molar-refractivity contribution is -0.143. The van der Waals surface area contributed by atoms with Gasteiger partial charge in [-0.2, -0.15) is 11.8 Å². The molecule has 0 saturated carbocycles. The highest BCUT2D eigenvalue weighted by Crippen LogP contribution is 2.12. The van der Waals surface area contributed by atoms with Crippen LogP contribution in [0.15, 0.2) is 24.3 Å². The Morgan fingerprint density at radius 3 is 2.09 bits per heavy atom. The topological polar surface area (TPSA) is 214 Å². The molecule has 0 aromatic heterocycles. The monoisotopic (exact) mass is 497 g/mol. The van der Waals surface area contributed by atoms with Gasteiger partial charge in [0.05, 0.1) is 12.5 Å². The molecule has 188 valence electrons. The van der Waals surface area contributed by atoms with Crippen LogP contribution >= 0.6 is 11.8 Å². The SMILES string of the molecule is CSCCC(N)C(=O)NC(C)C(=O)NC(Cc1ccc(O)cc1)C(=O)NC(CC(N)=O)C(=O)O. The first-order valence-corrected chi connectivity index (χ1v) is 11.8. The molecule has 12 nitrogen and oxygen atoms in total. The fourth-order valence-electron chi connectivity index (χ4n) is 2.81. The lowest BCUT2D eigenvalue weighted by atomic mass is 10.0. The van der Waals surface area contributed by atoms with Crippen molar-refractivity contribution < 1.29 is 34.2 Å². The molecular weight excluding hydrogens is 466 g/mol. The fourth-order valence-corrected chi connectivity index (χ4v) is 3.30. The van der Waals surface area contributed by atoms with E-state index < -0.39 is 60.2 Å². The van der Waals surface area contributed by atoms with Crippen LogP contribution in [0.5, 0.6) is 5.75 Å². The van der Waals surface area contributed by atoms with E-state index in [9.17, 15) is 34.2 Å². The second kappa shape index (κ2) is 14.1. The van der Waals surface area contributed by atoms with E-state index >= 15 is 0 Å². The summed E-state index contributed by atoms with van der Waals surface area (Å²) in [6, 6.07) is 1.14. The van der Waals surface area contributed by atoms with E-state index in [0.29, 0.717) is 17.7 Å². The summed E-state index contributed by atoms with van der Waals surface area (Å²) in [7, 11) is 0. The molecule has 0 spiro atoms. The van der Waals surface area contributed by atoms with E-state index in [-0.39, 0.29) is 12.2 Å². The maximum Gasteiger partial charge on any atom is 0.326 e. The second-order valence-corrected chi connectivity index (χ2v) is 8.61. The minimum Gasteiger partial charge on any atom is -0.508 e. The molecule has 0 radical (unpaired) electrons. The summed E-state index contributed by atoms with van der Waals surface area (Å²) >= 11 is 1.53. The molecule has 0 bridgehead atoms. The lowest BCUT2D eigenvalue weighted by Crippen LogP contribution is -2.57. The van der Waals surface area contributed by atoms with Gasteiger partial charge < -0.3 is 37.6 Å². The number of rotatable bonds is 14. The molecule has 34 heavy (non-hydrogen) atoms. The fraction of sp³-hybridized carbons (Fsp3) is 0.476. The van der Waals surface area contributed by atoms with Gasteiger partial charge in [0.25, 0.3) is 0 Å². The Labute approximate surface area is 201 Å². The van der Waals surface area contributed by atoms with E-state index in [2.05, 4.69) is 16.0 Å². The normalized spacial score (nSPS) is 14.2. The van der Waals surface area contributed by atoms with Crippen molar-refractivity contribution in [3.8, 4) is 5.75 Å². The highest BCUT2D eigenvalue weighted by Gasteiger charge is 2.29. The van der Waals surface area contributed by atoms with Gasteiger partial charge in [-0.1, -0.05) is 12.1 Å². The van der Waals surface area contributed by atoms with Gasteiger partial charge in [-0.3, -0.25) is 19.2 Å². The van der Waals surface area contributed by atoms with Crippen LogP contribution in [0, 0.1) is 0 Å². The zero-order chi connectivity index (χ0) is 25.8. The van der Waals surface area contributed by atoms with Crippen molar-refractivity contribution in [3.05, 3.63) is 29.8 Å². The maximum absolute atomic E-state index is 12.8. The van der Waals surface area contributed by atoms with Crippen molar-refractivity contribution in [1.82, 2.24) is 16.0 Å². The van der Waals surface area contributed by atoms with Gasteiger partial charge in [-0.25, -0.2) is 4.79 Å². The molecule has 4 amide bonds. The summed E-state index contributed by atoms with van der Waals surface area (Å²) in [4.78, 5) is 60.2. The largest absolute Gasteiger partial charge is 0.508 e. The van der Waals surface area contributed by atoms with Crippen molar-refractivity contribution in [3.63, 3.8) is 0 Å². The number of carboxylic acids is 1. The maximum atomic E-state index is 12.8. The number of carbonyl (C=O) groups is 5. The average molecular weight is 498 g/mol. The zero-order valence-electron chi connectivity index (χ0n) is 18.9. The number of phenols is 1. The Bertz CT molecular complexity index is 881. The number of carboxylic acid groups (broad SMARTS) is 1. The number of carbonyl (C=O) groups excluding carboxylic acids is 4. The standard InChI is InChI=1S/C21H31N5O7S/c1-11(24-19(30)14(22)7-8-34-2)18(29)25-15(9-12-3-5-13(27)6-4-12)20(31)26-16(21(32)33)10-17(23)28/h3-6,11,14-16,27H,7-10,22H2,1-2H3,(H2,23,28)(H,24,30)(H,25,29)(H,26,31)(H,32,33). The number of amides is 4. The highest BCUT2D eigenvalue weighted by molar-refractivity contribution is 7.98. The van der Waals surface area contributed by atoms with Gasteiger partial charge in [-0.05, 0) is 43.0 Å². The summed E-state index contributed by atoms with van der Waals surface area (Å²) in [6.07, 6.45) is 1.60. The van der Waals surface area contributed by atoms with Crippen LogP contribution in [0.1, 0.15) is 25.3 Å². The van der Waals surface area contributed by atoms with Gasteiger partial charge in [0.2, 0.25) is 23.6 Å². The number of hydrogen-bond acceptors (Lipinski definition) is 8. The molecule has 0 aliphatic carbocycles. The third-order valence-electron chi connectivity index (χ3n) is 4.75. The molecule has 0 fully saturated rings. The Morgan fingerprint density at radius 1 is 0.971 bits per heavy atom. The molecule has 0 aliphatic rings. The smallest absolute Gasteiger partial charge is 0.326 e. The Hall–Kier alpha value is -3.32. The second-order valence-electron chi connectivity index (χ2n) is 7.62. The molecule has 13 heteroatoms. The predicted molar refractivity (Wildman–Crippen MR) is 126 cm³/mol. The van der Waals surface area contributed by atoms with Crippen molar-refractivity contribution in [2.75, 3.05) is 12.0 Å². The zero-order valence-corrected chi connectivity index (χ0v) is 19.8. The van der Waals surface area contributed by atoms with Gasteiger partial charge in [-0.15, -0.1) is 0 Å².